The Hall–Kier alpha value is -2.10. The van der Waals surface area contributed by atoms with Crippen molar-refractivity contribution in [2.75, 3.05) is 0 Å². The highest BCUT2D eigenvalue weighted by Gasteiger charge is 2.23. The first-order chi connectivity index (χ1) is 10.2. The van der Waals surface area contributed by atoms with Crippen molar-refractivity contribution in [3.8, 4) is 0 Å². The fourth-order valence-corrected chi connectivity index (χ4v) is 2.50. The van der Waals surface area contributed by atoms with Crippen LogP contribution in [0.2, 0.25) is 0 Å². The molecule has 4 nitrogen and oxygen atoms in total. The third-order valence-electron chi connectivity index (χ3n) is 3.79. The van der Waals surface area contributed by atoms with Crippen molar-refractivity contribution in [1.82, 2.24) is 5.48 Å². The van der Waals surface area contributed by atoms with Crippen molar-refractivity contribution in [2.24, 2.45) is 5.92 Å². The van der Waals surface area contributed by atoms with Gasteiger partial charge in [0.15, 0.2) is 0 Å². The zero-order valence-electron chi connectivity index (χ0n) is 12.3. The van der Waals surface area contributed by atoms with Gasteiger partial charge in [0.05, 0.1) is 5.92 Å². The summed E-state index contributed by atoms with van der Waals surface area (Å²) in [5.41, 5.74) is 4.24. The van der Waals surface area contributed by atoms with Crippen molar-refractivity contribution < 1.29 is 14.4 Å². The van der Waals surface area contributed by atoms with Gasteiger partial charge in [-0.1, -0.05) is 43.5 Å². The summed E-state index contributed by atoms with van der Waals surface area (Å²) in [5, 5.41) is 0. The maximum atomic E-state index is 11.8. The number of nitrogens with one attached hydrogen (secondary N) is 1. The van der Waals surface area contributed by atoms with Crippen LogP contribution in [0.3, 0.4) is 0 Å². The van der Waals surface area contributed by atoms with E-state index in [9.17, 15) is 9.59 Å². The van der Waals surface area contributed by atoms with Crippen LogP contribution in [0.15, 0.2) is 30.3 Å². The molecular formula is C17H21NO3. The topological polar surface area (TPSA) is 55.4 Å². The number of hydrogen-bond donors (Lipinski definition) is 1. The average molecular weight is 287 g/mol. The molecule has 2 rings (SSSR count). The van der Waals surface area contributed by atoms with Crippen molar-refractivity contribution in [3.05, 3.63) is 41.5 Å². The molecule has 0 bridgehead atoms. The van der Waals surface area contributed by atoms with E-state index in [2.05, 4.69) is 5.48 Å². The predicted octanol–water partition coefficient (Wildman–Crippen LogP) is 3.16. The molecule has 21 heavy (non-hydrogen) atoms. The van der Waals surface area contributed by atoms with E-state index in [0.29, 0.717) is 0 Å². The minimum Gasteiger partial charge on any atom is -0.340 e. The lowest BCUT2D eigenvalue weighted by Crippen LogP contribution is -2.30. The maximum absolute atomic E-state index is 11.8. The van der Waals surface area contributed by atoms with Gasteiger partial charge in [-0.3, -0.25) is 4.79 Å². The van der Waals surface area contributed by atoms with Crippen molar-refractivity contribution in [3.63, 3.8) is 0 Å². The summed E-state index contributed by atoms with van der Waals surface area (Å²) in [6.45, 7) is 1.97. The van der Waals surface area contributed by atoms with Gasteiger partial charge >= 0.3 is 5.97 Å². The van der Waals surface area contributed by atoms with E-state index in [1.165, 1.54) is 12.5 Å². The molecule has 0 atom stereocenters. The standard InChI is InChI=1S/C17H21NO3/c1-13-7-5-6-8-14(13)11-12-16(19)18-21-17(20)15-9-3-2-4-10-15/h5-8,11-12,15H,2-4,9-10H2,1H3,(H,18,19). The molecule has 0 heterocycles. The maximum Gasteiger partial charge on any atom is 0.335 e. The normalized spacial score (nSPS) is 15.9. The van der Waals surface area contributed by atoms with Crippen LogP contribution in [0.5, 0.6) is 0 Å². The first-order valence-corrected chi connectivity index (χ1v) is 7.41. The van der Waals surface area contributed by atoms with Gasteiger partial charge in [0, 0.05) is 6.08 Å². The van der Waals surface area contributed by atoms with Crippen molar-refractivity contribution in [2.45, 2.75) is 39.0 Å². The Labute approximate surface area is 125 Å². The summed E-state index contributed by atoms with van der Waals surface area (Å²) in [7, 11) is 0. The van der Waals surface area contributed by atoms with Gasteiger partial charge in [-0.15, -0.1) is 0 Å². The summed E-state index contributed by atoms with van der Waals surface area (Å²) >= 11 is 0. The van der Waals surface area contributed by atoms with Crippen LogP contribution in [0.1, 0.15) is 43.2 Å². The van der Waals surface area contributed by atoms with Crippen LogP contribution < -0.4 is 5.48 Å². The number of aryl methyl sites for hydroxylation is 1. The van der Waals surface area contributed by atoms with E-state index < -0.39 is 5.91 Å². The summed E-state index contributed by atoms with van der Waals surface area (Å²) in [6.07, 6.45) is 8.08. The summed E-state index contributed by atoms with van der Waals surface area (Å²) in [5.74, 6) is -0.825. The van der Waals surface area contributed by atoms with Gasteiger partial charge in [0.1, 0.15) is 0 Å². The van der Waals surface area contributed by atoms with E-state index in [0.717, 1.165) is 36.8 Å². The van der Waals surface area contributed by atoms with Crippen LogP contribution in [0.4, 0.5) is 0 Å². The lowest BCUT2D eigenvalue weighted by Gasteiger charge is -2.19. The summed E-state index contributed by atoms with van der Waals surface area (Å²) in [4.78, 5) is 28.3. The van der Waals surface area contributed by atoms with Gasteiger partial charge in [0.2, 0.25) is 0 Å². The third-order valence-corrected chi connectivity index (χ3v) is 3.79. The highest BCUT2D eigenvalue weighted by atomic mass is 16.7. The Kier molecular flexibility index (Phi) is 5.55. The second-order valence-electron chi connectivity index (χ2n) is 5.41. The Morgan fingerprint density at radius 2 is 1.90 bits per heavy atom. The minimum absolute atomic E-state index is 0.0700. The van der Waals surface area contributed by atoms with E-state index >= 15 is 0 Å². The van der Waals surface area contributed by atoms with Gasteiger partial charge in [0.25, 0.3) is 5.91 Å². The molecule has 1 amide bonds. The quantitative estimate of drug-likeness (QED) is 0.686. The number of hydroxylamine groups is 1. The third kappa shape index (κ3) is 4.74. The van der Waals surface area contributed by atoms with Gasteiger partial charge < -0.3 is 4.84 Å². The van der Waals surface area contributed by atoms with Crippen LogP contribution in [-0.4, -0.2) is 11.9 Å². The van der Waals surface area contributed by atoms with Gasteiger partial charge in [-0.05, 0) is 37.0 Å². The molecule has 1 aromatic carbocycles. The van der Waals surface area contributed by atoms with E-state index in [1.54, 1.807) is 6.08 Å². The largest absolute Gasteiger partial charge is 0.340 e. The highest BCUT2D eigenvalue weighted by Crippen LogP contribution is 2.24. The zero-order chi connectivity index (χ0) is 15.1. The summed E-state index contributed by atoms with van der Waals surface area (Å²) < 4.78 is 0. The van der Waals surface area contributed by atoms with Crippen molar-refractivity contribution in [1.29, 1.82) is 0 Å². The second kappa shape index (κ2) is 7.62. The first-order valence-electron chi connectivity index (χ1n) is 7.41. The molecule has 4 heteroatoms. The molecule has 0 aromatic heterocycles. The van der Waals surface area contributed by atoms with Crippen LogP contribution in [-0.2, 0) is 14.4 Å². The monoisotopic (exact) mass is 287 g/mol. The molecule has 1 aliphatic carbocycles. The van der Waals surface area contributed by atoms with Crippen LogP contribution in [0, 0.1) is 12.8 Å². The number of benzene rings is 1. The molecule has 1 N–H and O–H groups in total. The number of hydrogen-bond acceptors (Lipinski definition) is 3. The number of rotatable bonds is 3. The van der Waals surface area contributed by atoms with Gasteiger partial charge in [-0.2, -0.15) is 5.48 Å². The van der Waals surface area contributed by atoms with Crippen LogP contribution in [0.25, 0.3) is 6.08 Å². The first kappa shape index (κ1) is 15.3. The lowest BCUT2D eigenvalue weighted by atomic mass is 9.89. The Morgan fingerprint density at radius 1 is 1.19 bits per heavy atom. The molecular weight excluding hydrogens is 266 g/mol. The van der Waals surface area contributed by atoms with Crippen molar-refractivity contribution >= 4 is 18.0 Å². The molecule has 0 spiro atoms. The fourth-order valence-electron chi connectivity index (χ4n) is 2.50. The molecule has 112 valence electrons. The van der Waals surface area contributed by atoms with E-state index in [4.69, 9.17) is 4.84 Å². The van der Waals surface area contributed by atoms with E-state index in [1.807, 2.05) is 31.2 Å². The minimum atomic E-state index is -0.428. The fraction of sp³-hybridized carbons (Fsp3) is 0.412. The molecule has 0 radical (unpaired) electrons. The average Bonchev–Trinajstić information content (AvgIpc) is 2.52. The molecule has 1 fully saturated rings. The molecule has 1 saturated carbocycles. The Morgan fingerprint density at radius 3 is 2.62 bits per heavy atom. The molecule has 1 aliphatic rings. The predicted molar refractivity (Wildman–Crippen MR) is 81.0 cm³/mol. The highest BCUT2D eigenvalue weighted by molar-refractivity contribution is 5.92. The molecule has 1 aromatic rings. The molecule has 0 unspecified atom stereocenters. The van der Waals surface area contributed by atoms with Crippen LogP contribution >= 0.6 is 0 Å². The number of carbonyl (C=O) groups excluding carboxylic acids is 2. The zero-order valence-corrected chi connectivity index (χ0v) is 12.3. The molecule has 0 saturated heterocycles. The number of carbonyl (C=O) groups is 2. The SMILES string of the molecule is Cc1ccccc1C=CC(=O)NOC(=O)C1CCCCC1. The number of amides is 1. The smallest absolute Gasteiger partial charge is 0.335 e. The summed E-state index contributed by atoms with van der Waals surface area (Å²) in [6, 6.07) is 7.75. The second-order valence-corrected chi connectivity index (χ2v) is 5.41. The van der Waals surface area contributed by atoms with Gasteiger partial charge in [-0.25, -0.2) is 4.79 Å². The Balaban J connectivity index is 1.79. The Bertz CT molecular complexity index is 531. The molecule has 0 aliphatic heterocycles. The lowest BCUT2D eigenvalue weighted by molar-refractivity contribution is -0.161. The van der Waals surface area contributed by atoms with E-state index in [-0.39, 0.29) is 11.9 Å².